The second kappa shape index (κ2) is 7.22. The molecule has 0 saturated carbocycles. The molecule has 2 aromatic heterocycles. The highest BCUT2D eigenvalue weighted by Gasteiger charge is 2.19. The Hall–Kier alpha value is -4.17. The van der Waals surface area contributed by atoms with Crippen molar-refractivity contribution in [3.8, 4) is 40.0 Å². The molecule has 0 bridgehead atoms. The van der Waals surface area contributed by atoms with Gasteiger partial charge in [0.1, 0.15) is 0 Å². The van der Waals surface area contributed by atoms with Crippen molar-refractivity contribution >= 4 is 0 Å². The van der Waals surface area contributed by atoms with E-state index in [1.165, 1.54) is 4.57 Å². The Bertz CT molecular complexity index is 1240. The Balaban J connectivity index is 2.11. The lowest BCUT2D eigenvalue weighted by Crippen LogP contribution is -2.21. The molecule has 0 unspecified atom stereocenters. The third-order valence-corrected chi connectivity index (χ3v) is 4.47. The molecule has 0 radical (unpaired) electrons. The van der Waals surface area contributed by atoms with Crippen molar-refractivity contribution in [2.24, 2.45) is 0 Å². The van der Waals surface area contributed by atoms with Crippen LogP contribution >= 0.6 is 0 Å². The van der Waals surface area contributed by atoms with Gasteiger partial charge in [-0.05, 0) is 36.4 Å². The van der Waals surface area contributed by atoms with Crippen LogP contribution in [-0.4, -0.2) is 14.7 Å². The molecule has 0 spiro atoms. The van der Waals surface area contributed by atoms with Crippen molar-refractivity contribution in [3.05, 3.63) is 101 Å². The van der Waals surface area contributed by atoms with Crippen LogP contribution in [0.1, 0.15) is 5.56 Å². The average molecular weight is 365 g/mol. The first kappa shape index (κ1) is 17.3. The summed E-state index contributed by atoms with van der Waals surface area (Å²) in [6.07, 6.45) is 1.62. The molecular formula is C23H15N3O2. The molecule has 0 aliphatic heterocycles. The lowest BCUT2D eigenvalue weighted by Gasteiger charge is -2.15. The van der Waals surface area contributed by atoms with Gasteiger partial charge in [-0.1, -0.05) is 42.5 Å². The number of hydrogen-bond acceptors (Lipinski definition) is 4. The second-order valence-electron chi connectivity index (χ2n) is 6.14. The Morgan fingerprint density at radius 1 is 0.857 bits per heavy atom. The lowest BCUT2D eigenvalue weighted by molar-refractivity contribution is 0.438. The first-order valence-corrected chi connectivity index (χ1v) is 8.66. The van der Waals surface area contributed by atoms with Crippen LogP contribution in [0.3, 0.4) is 0 Å². The fourth-order valence-electron chi connectivity index (χ4n) is 3.14. The number of nitrogens with zero attached hydrogens (tertiary/aromatic N) is 3. The zero-order valence-corrected chi connectivity index (χ0v) is 14.8. The molecule has 2 heterocycles. The SMILES string of the molecule is N#Cc1ccccc1-c1cc(-c2ccccn2)c(O)n(-c2ccccc2)c1=O. The minimum absolute atomic E-state index is 0.201. The normalized spacial score (nSPS) is 10.4. The van der Waals surface area contributed by atoms with E-state index in [1.807, 2.05) is 12.1 Å². The fraction of sp³-hybridized carbons (Fsp3) is 0. The highest BCUT2D eigenvalue weighted by Crippen LogP contribution is 2.32. The topological polar surface area (TPSA) is 78.9 Å². The van der Waals surface area contributed by atoms with Crippen LogP contribution in [0.2, 0.25) is 0 Å². The molecule has 0 saturated heterocycles. The van der Waals surface area contributed by atoms with E-state index >= 15 is 0 Å². The maximum Gasteiger partial charge on any atom is 0.265 e. The van der Waals surface area contributed by atoms with E-state index in [0.717, 1.165) is 0 Å². The Kier molecular flexibility index (Phi) is 4.45. The van der Waals surface area contributed by atoms with Gasteiger partial charge in [0, 0.05) is 17.3 Å². The van der Waals surface area contributed by atoms with E-state index in [0.29, 0.717) is 33.6 Å². The van der Waals surface area contributed by atoms with E-state index in [1.54, 1.807) is 72.9 Å². The molecule has 0 aliphatic rings. The number of nitriles is 1. The highest BCUT2D eigenvalue weighted by atomic mass is 16.3. The molecule has 134 valence electrons. The van der Waals surface area contributed by atoms with Crippen LogP contribution in [0.25, 0.3) is 28.1 Å². The summed E-state index contributed by atoms with van der Waals surface area (Å²) >= 11 is 0. The lowest BCUT2D eigenvalue weighted by atomic mass is 9.99. The Morgan fingerprint density at radius 3 is 2.29 bits per heavy atom. The number of hydrogen-bond donors (Lipinski definition) is 1. The fourth-order valence-corrected chi connectivity index (χ4v) is 3.14. The van der Waals surface area contributed by atoms with Gasteiger partial charge < -0.3 is 5.11 Å². The molecule has 4 aromatic rings. The quantitative estimate of drug-likeness (QED) is 0.592. The molecular weight excluding hydrogens is 350 g/mol. The Labute approximate surface area is 161 Å². The molecule has 0 fully saturated rings. The van der Waals surface area contributed by atoms with Crippen molar-refractivity contribution in [1.82, 2.24) is 9.55 Å². The summed E-state index contributed by atoms with van der Waals surface area (Å²) in [4.78, 5) is 17.6. The van der Waals surface area contributed by atoms with Gasteiger partial charge in [-0.15, -0.1) is 0 Å². The summed E-state index contributed by atoms with van der Waals surface area (Å²) in [5.74, 6) is -0.201. The third kappa shape index (κ3) is 2.93. The van der Waals surface area contributed by atoms with Gasteiger partial charge in [0.2, 0.25) is 5.88 Å². The second-order valence-corrected chi connectivity index (χ2v) is 6.14. The van der Waals surface area contributed by atoms with Crippen molar-refractivity contribution < 1.29 is 5.11 Å². The zero-order valence-electron chi connectivity index (χ0n) is 14.8. The predicted octanol–water partition coefficient (Wildman–Crippen LogP) is 4.14. The highest BCUT2D eigenvalue weighted by molar-refractivity contribution is 5.77. The van der Waals surface area contributed by atoms with E-state index < -0.39 is 5.56 Å². The van der Waals surface area contributed by atoms with E-state index in [9.17, 15) is 15.2 Å². The summed E-state index contributed by atoms with van der Waals surface area (Å²) < 4.78 is 1.24. The number of pyridine rings is 2. The van der Waals surface area contributed by atoms with Crippen LogP contribution in [0.15, 0.2) is 89.9 Å². The van der Waals surface area contributed by atoms with Crippen LogP contribution in [0, 0.1) is 11.3 Å². The van der Waals surface area contributed by atoms with Gasteiger partial charge in [0.25, 0.3) is 5.56 Å². The first-order chi connectivity index (χ1) is 13.7. The first-order valence-electron chi connectivity index (χ1n) is 8.66. The van der Waals surface area contributed by atoms with Gasteiger partial charge in [0.05, 0.1) is 28.6 Å². The van der Waals surface area contributed by atoms with Crippen LogP contribution in [0.5, 0.6) is 5.88 Å². The van der Waals surface area contributed by atoms with Gasteiger partial charge >= 0.3 is 0 Å². The van der Waals surface area contributed by atoms with Crippen molar-refractivity contribution in [2.75, 3.05) is 0 Å². The zero-order chi connectivity index (χ0) is 19.5. The van der Waals surface area contributed by atoms with E-state index in [4.69, 9.17) is 0 Å². The minimum atomic E-state index is -0.411. The smallest absolute Gasteiger partial charge is 0.265 e. The molecule has 1 N–H and O–H groups in total. The number of para-hydroxylation sites is 1. The predicted molar refractivity (Wildman–Crippen MR) is 107 cm³/mol. The molecule has 0 atom stereocenters. The van der Waals surface area contributed by atoms with Crippen LogP contribution < -0.4 is 5.56 Å². The molecule has 2 aromatic carbocycles. The molecule has 28 heavy (non-hydrogen) atoms. The molecule has 0 aliphatic carbocycles. The molecule has 5 heteroatoms. The molecule has 0 amide bonds. The van der Waals surface area contributed by atoms with E-state index in [-0.39, 0.29) is 5.88 Å². The van der Waals surface area contributed by atoms with Crippen LogP contribution in [-0.2, 0) is 0 Å². The number of aromatic hydroxyl groups is 1. The van der Waals surface area contributed by atoms with Gasteiger partial charge in [0.15, 0.2) is 0 Å². The van der Waals surface area contributed by atoms with Gasteiger partial charge in [-0.3, -0.25) is 9.78 Å². The molecule has 4 rings (SSSR count). The summed E-state index contributed by atoms with van der Waals surface area (Å²) in [6.45, 7) is 0. The van der Waals surface area contributed by atoms with Crippen LogP contribution in [0.4, 0.5) is 0 Å². The van der Waals surface area contributed by atoms with Gasteiger partial charge in [-0.25, -0.2) is 4.57 Å². The van der Waals surface area contributed by atoms with Crippen molar-refractivity contribution in [2.45, 2.75) is 0 Å². The van der Waals surface area contributed by atoms with E-state index in [2.05, 4.69) is 11.1 Å². The summed E-state index contributed by atoms with van der Waals surface area (Å²) in [7, 11) is 0. The average Bonchev–Trinajstić information content (AvgIpc) is 2.75. The minimum Gasteiger partial charge on any atom is -0.494 e. The monoisotopic (exact) mass is 365 g/mol. The number of rotatable bonds is 3. The number of aromatic nitrogens is 2. The maximum absolute atomic E-state index is 13.3. The van der Waals surface area contributed by atoms with Crippen molar-refractivity contribution in [3.63, 3.8) is 0 Å². The maximum atomic E-state index is 13.3. The van der Waals surface area contributed by atoms with Crippen molar-refractivity contribution in [1.29, 1.82) is 5.26 Å². The molecule has 5 nitrogen and oxygen atoms in total. The standard InChI is InChI=1S/C23H15N3O2/c24-15-16-8-4-5-11-18(16)19-14-20(21-12-6-7-13-25-21)23(28)26(22(19)27)17-9-2-1-3-10-17/h1-14,28H. The van der Waals surface area contributed by atoms with Gasteiger partial charge in [-0.2, -0.15) is 5.26 Å². The summed E-state index contributed by atoms with van der Waals surface area (Å²) in [5.41, 5.74) is 2.27. The summed E-state index contributed by atoms with van der Waals surface area (Å²) in [5, 5.41) is 20.4. The Morgan fingerprint density at radius 2 is 1.57 bits per heavy atom. The summed E-state index contributed by atoms with van der Waals surface area (Å²) in [6, 6.07) is 24.9. The number of benzene rings is 2. The third-order valence-electron chi connectivity index (χ3n) is 4.47. The largest absolute Gasteiger partial charge is 0.494 e.